The van der Waals surface area contributed by atoms with E-state index in [0.29, 0.717) is 5.75 Å². The highest BCUT2D eigenvalue weighted by Crippen LogP contribution is 2.27. The summed E-state index contributed by atoms with van der Waals surface area (Å²) in [5.74, 6) is 0.325. The average Bonchev–Trinajstić information content (AvgIpc) is 3.07. The molecular weight excluding hydrogens is 371 g/mol. The Morgan fingerprint density at radius 1 is 1.04 bits per heavy atom. The number of H-pyrrole nitrogens is 1. The molecule has 0 atom stereocenters. The molecule has 1 fully saturated rings. The number of fused-ring (bicyclic) bond motifs is 1. The Kier molecular flexibility index (Phi) is 5.48. The topological polar surface area (TPSA) is 50.4 Å². The Morgan fingerprint density at radius 3 is 2.43 bits per heavy atom. The van der Waals surface area contributed by atoms with E-state index in [1.54, 1.807) is 0 Å². The van der Waals surface area contributed by atoms with E-state index < -0.39 is 6.36 Å². The molecule has 4 rings (SSSR count). The second-order valence-corrected chi connectivity index (χ2v) is 7.45. The summed E-state index contributed by atoms with van der Waals surface area (Å²) in [4.78, 5) is 2.39. The number of rotatable bonds is 5. The predicted molar refractivity (Wildman–Crippen MR) is 97.3 cm³/mol. The molecule has 152 valence electrons. The summed E-state index contributed by atoms with van der Waals surface area (Å²) in [6.07, 6.45) is 1.85. The number of aromatic amines is 1. The van der Waals surface area contributed by atoms with Gasteiger partial charge in [0.05, 0.1) is 5.69 Å². The van der Waals surface area contributed by atoms with Crippen LogP contribution in [0, 0.1) is 0 Å². The molecule has 0 radical (unpaired) electrons. The van der Waals surface area contributed by atoms with Crippen molar-refractivity contribution in [2.45, 2.75) is 57.5 Å². The molecule has 1 saturated heterocycles. The van der Waals surface area contributed by atoms with Gasteiger partial charge in [0.25, 0.3) is 0 Å². The third kappa shape index (κ3) is 4.79. The Morgan fingerprint density at radius 2 is 1.71 bits per heavy atom. The van der Waals surface area contributed by atoms with Gasteiger partial charge >= 0.3 is 6.36 Å². The van der Waals surface area contributed by atoms with Crippen LogP contribution in [0.5, 0.6) is 11.5 Å². The van der Waals surface area contributed by atoms with Crippen LogP contribution in [0.3, 0.4) is 0 Å². The molecule has 0 amide bonds. The van der Waals surface area contributed by atoms with Crippen LogP contribution in [0.2, 0.25) is 0 Å². The first-order valence-electron chi connectivity index (χ1n) is 9.76. The molecule has 1 N–H and O–H groups in total. The number of hydrogen-bond acceptors (Lipinski definition) is 4. The molecule has 0 spiro atoms. The largest absolute Gasteiger partial charge is 0.573 e. The van der Waals surface area contributed by atoms with Crippen molar-refractivity contribution in [3.8, 4) is 11.5 Å². The van der Waals surface area contributed by atoms with E-state index in [2.05, 4.69) is 19.8 Å². The molecule has 1 aromatic carbocycles. The third-order valence-electron chi connectivity index (χ3n) is 5.41. The van der Waals surface area contributed by atoms with Crippen molar-refractivity contribution >= 4 is 0 Å². The fraction of sp³-hybridized carbons (Fsp3) is 0.550. The van der Waals surface area contributed by atoms with Gasteiger partial charge < -0.3 is 9.47 Å². The monoisotopic (exact) mass is 395 g/mol. The Labute approximate surface area is 161 Å². The SMILES string of the molecule is FC(F)(F)Oc1ccc(OC2CCN(Cc3n[nH]c4c3CCCC4)CC2)cc1. The maximum atomic E-state index is 12.2. The lowest BCUT2D eigenvalue weighted by Crippen LogP contribution is -2.38. The van der Waals surface area contributed by atoms with Gasteiger partial charge in [-0.2, -0.15) is 5.10 Å². The molecule has 0 bridgehead atoms. The number of nitrogens with zero attached hydrogens (tertiary/aromatic N) is 2. The molecule has 8 heteroatoms. The smallest absolute Gasteiger partial charge is 0.490 e. The average molecular weight is 395 g/mol. The lowest BCUT2D eigenvalue weighted by molar-refractivity contribution is -0.274. The number of aryl methyl sites for hydroxylation is 1. The van der Waals surface area contributed by atoms with E-state index in [1.165, 1.54) is 54.1 Å². The molecule has 2 aromatic rings. The van der Waals surface area contributed by atoms with E-state index in [4.69, 9.17) is 4.74 Å². The fourth-order valence-corrected chi connectivity index (χ4v) is 3.99. The van der Waals surface area contributed by atoms with Crippen molar-refractivity contribution in [3.05, 3.63) is 41.2 Å². The third-order valence-corrected chi connectivity index (χ3v) is 5.41. The number of likely N-dealkylation sites (tertiary alicyclic amines) is 1. The van der Waals surface area contributed by atoms with E-state index in [1.807, 2.05) is 0 Å². The number of halogens is 3. The van der Waals surface area contributed by atoms with Crippen molar-refractivity contribution in [2.24, 2.45) is 0 Å². The van der Waals surface area contributed by atoms with Crippen LogP contribution >= 0.6 is 0 Å². The van der Waals surface area contributed by atoms with Crippen LogP contribution in [0.15, 0.2) is 24.3 Å². The second kappa shape index (κ2) is 8.03. The van der Waals surface area contributed by atoms with Crippen molar-refractivity contribution in [3.63, 3.8) is 0 Å². The first-order valence-corrected chi connectivity index (χ1v) is 9.76. The summed E-state index contributed by atoms with van der Waals surface area (Å²) >= 11 is 0. The van der Waals surface area contributed by atoms with Gasteiger partial charge in [0.15, 0.2) is 0 Å². The molecule has 2 heterocycles. The van der Waals surface area contributed by atoms with Gasteiger partial charge in [0.2, 0.25) is 0 Å². The zero-order valence-electron chi connectivity index (χ0n) is 15.6. The van der Waals surface area contributed by atoms with Gasteiger partial charge in [-0.15, -0.1) is 13.2 Å². The van der Waals surface area contributed by atoms with Gasteiger partial charge in [-0.3, -0.25) is 10.00 Å². The Hall–Kier alpha value is -2.22. The summed E-state index contributed by atoms with van der Waals surface area (Å²) < 4.78 is 46.5. The first-order chi connectivity index (χ1) is 13.5. The number of aromatic nitrogens is 2. The Balaban J connectivity index is 1.26. The van der Waals surface area contributed by atoms with Gasteiger partial charge in [-0.05, 0) is 68.4 Å². The predicted octanol–water partition coefficient (Wildman–Crippen LogP) is 4.23. The van der Waals surface area contributed by atoms with E-state index >= 15 is 0 Å². The molecule has 1 aliphatic heterocycles. The normalized spacial score (nSPS) is 18.7. The van der Waals surface area contributed by atoms with Crippen molar-refractivity contribution < 1.29 is 22.6 Å². The number of nitrogens with one attached hydrogen (secondary N) is 1. The van der Waals surface area contributed by atoms with Crippen LogP contribution in [-0.2, 0) is 19.4 Å². The maximum absolute atomic E-state index is 12.2. The summed E-state index contributed by atoms with van der Waals surface area (Å²) in [5, 5.41) is 7.72. The van der Waals surface area contributed by atoms with Gasteiger partial charge in [0.1, 0.15) is 17.6 Å². The summed E-state index contributed by atoms with van der Waals surface area (Å²) in [6, 6.07) is 5.59. The zero-order valence-corrected chi connectivity index (χ0v) is 15.6. The number of benzene rings is 1. The molecule has 1 aliphatic carbocycles. The lowest BCUT2D eigenvalue weighted by Gasteiger charge is -2.32. The Bertz CT molecular complexity index is 781. The van der Waals surface area contributed by atoms with E-state index in [0.717, 1.165) is 45.3 Å². The van der Waals surface area contributed by atoms with Gasteiger partial charge in [-0.1, -0.05) is 0 Å². The summed E-state index contributed by atoms with van der Waals surface area (Å²) in [7, 11) is 0. The standard InChI is InChI=1S/C20H24F3N3O2/c21-20(22,23)28-16-7-5-14(6-8-16)27-15-9-11-26(12-10-15)13-19-17-3-1-2-4-18(17)24-25-19/h5-8,15H,1-4,9-13H2,(H,24,25). The highest BCUT2D eigenvalue weighted by molar-refractivity contribution is 5.31. The zero-order chi connectivity index (χ0) is 19.6. The molecule has 0 unspecified atom stereocenters. The van der Waals surface area contributed by atoms with Crippen molar-refractivity contribution in [1.29, 1.82) is 0 Å². The fourth-order valence-electron chi connectivity index (χ4n) is 3.99. The number of hydrogen-bond donors (Lipinski definition) is 1. The van der Waals surface area contributed by atoms with Crippen molar-refractivity contribution in [1.82, 2.24) is 15.1 Å². The minimum Gasteiger partial charge on any atom is -0.490 e. The number of piperidine rings is 1. The molecule has 1 aromatic heterocycles. The van der Waals surface area contributed by atoms with Gasteiger partial charge in [-0.25, -0.2) is 0 Å². The minimum atomic E-state index is -4.68. The number of ether oxygens (including phenoxy) is 2. The highest BCUT2D eigenvalue weighted by Gasteiger charge is 2.31. The van der Waals surface area contributed by atoms with E-state index in [-0.39, 0.29) is 11.9 Å². The quantitative estimate of drug-likeness (QED) is 0.823. The minimum absolute atomic E-state index is 0.0683. The molecule has 28 heavy (non-hydrogen) atoms. The van der Waals surface area contributed by atoms with Crippen LogP contribution in [0.25, 0.3) is 0 Å². The molecule has 0 saturated carbocycles. The summed E-state index contributed by atoms with van der Waals surface area (Å²) in [6.45, 7) is 2.70. The highest BCUT2D eigenvalue weighted by atomic mass is 19.4. The second-order valence-electron chi connectivity index (χ2n) is 7.45. The maximum Gasteiger partial charge on any atom is 0.573 e. The van der Waals surface area contributed by atoms with Crippen LogP contribution in [0.4, 0.5) is 13.2 Å². The lowest BCUT2D eigenvalue weighted by atomic mass is 9.95. The van der Waals surface area contributed by atoms with Crippen molar-refractivity contribution in [2.75, 3.05) is 13.1 Å². The first kappa shape index (κ1) is 19.1. The summed E-state index contributed by atoms with van der Waals surface area (Å²) in [5.41, 5.74) is 3.89. The van der Waals surface area contributed by atoms with Crippen LogP contribution in [-0.4, -0.2) is 40.7 Å². The molecular formula is C20H24F3N3O2. The van der Waals surface area contributed by atoms with Gasteiger partial charge in [0, 0.05) is 25.3 Å². The van der Waals surface area contributed by atoms with E-state index in [9.17, 15) is 13.2 Å². The number of alkyl halides is 3. The van der Waals surface area contributed by atoms with Crippen LogP contribution in [0.1, 0.15) is 42.6 Å². The molecule has 5 nitrogen and oxygen atoms in total. The molecule has 2 aliphatic rings. The van der Waals surface area contributed by atoms with Crippen LogP contribution < -0.4 is 9.47 Å².